The van der Waals surface area contributed by atoms with E-state index >= 15 is 0 Å². The second kappa shape index (κ2) is 4.21. The molecule has 0 spiro atoms. The maximum atomic E-state index is 6.26. The van der Waals surface area contributed by atoms with Gasteiger partial charge in [0.15, 0.2) is 11.5 Å². The van der Waals surface area contributed by atoms with Crippen LogP contribution in [0.15, 0.2) is 18.3 Å². The van der Waals surface area contributed by atoms with Crippen molar-refractivity contribution in [3.8, 4) is 11.5 Å². The number of halogens is 1. The van der Waals surface area contributed by atoms with Gasteiger partial charge in [-0.05, 0) is 25.5 Å². The van der Waals surface area contributed by atoms with Gasteiger partial charge in [0.1, 0.15) is 5.82 Å². The summed E-state index contributed by atoms with van der Waals surface area (Å²) in [5.41, 5.74) is 2.12. The third kappa shape index (κ3) is 1.82. The van der Waals surface area contributed by atoms with Gasteiger partial charge in [0.05, 0.1) is 6.54 Å². The van der Waals surface area contributed by atoms with Crippen molar-refractivity contribution in [2.24, 2.45) is 0 Å². The second-order valence-corrected chi connectivity index (χ2v) is 4.74. The van der Waals surface area contributed by atoms with Crippen LogP contribution < -0.4 is 9.47 Å². The predicted octanol–water partition coefficient (Wildman–Crippen LogP) is 2.93. The Hall–Kier alpha value is -1.68. The number of hydrogen-bond acceptors (Lipinski definition) is 3. The van der Waals surface area contributed by atoms with Crippen molar-refractivity contribution in [2.75, 3.05) is 6.79 Å². The largest absolute Gasteiger partial charge is 0.454 e. The minimum Gasteiger partial charge on any atom is -0.454 e. The van der Waals surface area contributed by atoms with E-state index < -0.39 is 0 Å². The van der Waals surface area contributed by atoms with E-state index in [1.807, 2.05) is 26.1 Å². The maximum absolute atomic E-state index is 6.26. The molecular weight excluding hydrogens is 252 g/mol. The van der Waals surface area contributed by atoms with Gasteiger partial charge in [-0.25, -0.2) is 4.98 Å². The monoisotopic (exact) mass is 264 g/mol. The molecule has 18 heavy (non-hydrogen) atoms. The van der Waals surface area contributed by atoms with E-state index in [1.54, 1.807) is 6.07 Å². The number of imidazole rings is 1. The van der Waals surface area contributed by atoms with E-state index in [-0.39, 0.29) is 6.79 Å². The van der Waals surface area contributed by atoms with Crippen LogP contribution in [0.1, 0.15) is 17.1 Å². The van der Waals surface area contributed by atoms with Crippen molar-refractivity contribution < 1.29 is 9.47 Å². The van der Waals surface area contributed by atoms with E-state index in [1.165, 1.54) is 0 Å². The Morgan fingerprint density at radius 3 is 2.67 bits per heavy atom. The Morgan fingerprint density at radius 2 is 2.00 bits per heavy atom. The number of aromatic nitrogens is 2. The Morgan fingerprint density at radius 1 is 1.28 bits per heavy atom. The molecule has 1 aliphatic heterocycles. The number of nitrogens with zero attached hydrogens (tertiary/aromatic N) is 2. The van der Waals surface area contributed by atoms with Gasteiger partial charge in [0, 0.05) is 23.0 Å². The molecule has 2 heterocycles. The van der Waals surface area contributed by atoms with Crippen molar-refractivity contribution >= 4 is 11.6 Å². The lowest BCUT2D eigenvalue weighted by Gasteiger charge is -2.10. The minimum atomic E-state index is 0.262. The van der Waals surface area contributed by atoms with Gasteiger partial charge in [-0.15, -0.1) is 0 Å². The number of fused-ring (bicyclic) bond motifs is 1. The first-order valence-corrected chi connectivity index (χ1v) is 6.09. The first kappa shape index (κ1) is 11.4. The number of ether oxygens (including phenoxy) is 2. The van der Waals surface area contributed by atoms with Crippen molar-refractivity contribution in [1.82, 2.24) is 9.55 Å². The molecule has 0 fully saturated rings. The number of rotatable bonds is 2. The first-order chi connectivity index (χ1) is 8.65. The van der Waals surface area contributed by atoms with Crippen molar-refractivity contribution in [2.45, 2.75) is 20.4 Å². The van der Waals surface area contributed by atoms with Gasteiger partial charge in [-0.1, -0.05) is 11.6 Å². The normalized spacial score (nSPS) is 13.1. The van der Waals surface area contributed by atoms with Crippen molar-refractivity contribution in [3.05, 3.63) is 40.4 Å². The van der Waals surface area contributed by atoms with Crippen LogP contribution in [-0.4, -0.2) is 16.3 Å². The fourth-order valence-corrected chi connectivity index (χ4v) is 2.28. The van der Waals surface area contributed by atoms with E-state index in [0.29, 0.717) is 17.3 Å². The van der Waals surface area contributed by atoms with Gasteiger partial charge in [0.25, 0.3) is 0 Å². The molecule has 0 bridgehead atoms. The van der Waals surface area contributed by atoms with E-state index in [4.69, 9.17) is 21.1 Å². The second-order valence-electron chi connectivity index (χ2n) is 4.33. The van der Waals surface area contributed by atoms with Crippen LogP contribution in [-0.2, 0) is 6.54 Å². The van der Waals surface area contributed by atoms with Gasteiger partial charge >= 0.3 is 0 Å². The molecule has 0 N–H and O–H groups in total. The molecule has 1 aromatic heterocycles. The number of aryl methyl sites for hydroxylation is 2. The Balaban J connectivity index is 1.98. The molecular formula is C13H13ClN2O2. The predicted molar refractivity (Wildman–Crippen MR) is 68.4 cm³/mol. The smallest absolute Gasteiger partial charge is 0.231 e. The lowest BCUT2D eigenvalue weighted by atomic mass is 10.2. The summed E-state index contributed by atoms with van der Waals surface area (Å²) in [6.45, 7) is 4.96. The Kier molecular flexibility index (Phi) is 2.67. The third-order valence-electron chi connectivity index (χ3n) is 3.12. The summed E-state index contributed by atoms with van der Waals surface area (Å²) in [5, 5.41) is 0.687. The molecule has 0 saturated carbocycles. The van der Waals surface area contributed by atoms with E-state index in [9.17, 15) is 0 Å². The van der Waals surface area contributed by atoms with E-state index in [2.05, 4.69) is 9.55 Å². The highest BCUT2D eigenvalue weighted by molar-refractivity contribution is 6.31. The third-order valence-corrected chi connectivity index (χ3v) is 3.48. The topological polar surface area (TPSA) is 36.3 Å². The highest BCUT2D eigenvalue weighted by atomic mass is 35.5. The standard InChI is InChI=1S/C13H13ClN2O2/c1-8-5-15-9(2)16(8)6-10-3-12-13(4-11(10)14)18-7-17-12/h3-5H,6-7H2,1-2H3. The van der Waals surface area contributed by atoms with Crippen LogP contribution in [0.25, 0.3) is 0 Å². The number of hydrogen-bond donors (Lipinski definition) is 0. The molecule has 0 radical (unpaired) electrons. The van der Waals surface area contributed by atoms with Crippen LogP contribution >= 0.6 is 11.6 Å². The average molecular weight is 265 g/mol. The lowest BCUT2D eigenvalue weighted by molar-refractivity contribution is 0.174. The van der Waals surface area contributed by atoms with E-state index in [0.717, 1.165) is 22.8 Å². The number of benzene rings is 1. The summed E-state index contributed by atoms with van der Waals surface area (Å²) in [5.74, 6) is 2.44. The summed E-state index contributed by atoms with van der Waals surface area (Å²) in [6, 6.07) is 3.74. The Labute approximate surface area is 110 Å². The summed E-state index contributed by atoms with van der Waals surface area (Å²) < 4.78 is 12.8. The van der Waals surface area contributed by atoms with Crippen LogP contribution in [0.2, 0.25) is 5.02 Å². The first-order valence-electron chi connectivity index (χ1n) is 5.72. The summed E-state index contributed by atoms with van der Waals surface area (Å²) in [6.07, 6.45) is 1.86. The molecule has 0 atom stereocenters. The van der Waals surface area contributed by atoms with Gasteiger partial charge in [0.2, 0.25) is 6.79 Å². The SMILES string of the molecule is Cc1cnc(C)n1Cc1cc2c(cc1Cl)OCO2. The zero-order valence-corrected chi connectivity index (χ0v) is 11.0. The van der Waals surface area contributed by atoms with Gasteiger partial charge < -0.3 is 14.0 Å². The van der Waals surface area contributed by atoms with Gasteiger partial charge in [-0.2, -0.15) is 0 Å². The highest BCUT2D eigenvalue weighted by Gasteiger charge is 2.17. The molecule has 1 aromatic carbocycles. The quantitative estimate of drug-likeness (QED) is 0.837. The fourth-order valence-electron chi connectivity index (χ4n) is 2.07. The fraction of sp³-hybridized carbons (Fsp3) is 0.308. The van der Waals surface area contributed by atoms with Crippen LogP contribution in [0.5, 0.6) is 11.5 Å². The van der Waals surface area contributed by atoms with Gasteiger partial charge in [-0.3, -0.25) is 0 Å². The van der Waals surface area contributed by atoms with Crippen LogP contribution in [0, 0.1) is 13.8 Å². The molecule has 3 rings (SSSR count). The maximum Gasteiger partial charge on any atom is 0.231 e. The van der Waals surface area contributed by atoms with Crippen LogP contribution in [0.3, 0.4) is 0 Å². The Bertz CT molecular complexity index is 588. The molecule has 0 aliphatic carbocycles. The minimum absolute atomic E-state index is 0.262. The van der Waals surface area contributed by atoms with Crippen molar-refractivity contribution in [3.63, 3.8) is 0 Å². The molecule has 0 saturated heterocycles. The average Bonchev–Trinajstić information content (AvgIpc) is 2.90. The lowest BCUT2D eigenvalue weighted by Crippen LogP contribution is -2.04. The molecule has 0 unspecified atom stereocenters. The molecule has 2 aromatic rings. The van der Waals surface area contributed by atoms with Crippen molar-refractivity contribution in [1.29, 1.82) is 0 Å². The summed E-state index contributed by atoms with van der Waals surface area (Å²) in [7, 11) is 0. The zero-order valence-electron chi connectivity index (χ0n) is 10.2. The summed E-state index contributed by atoms with van der Waals surface area (Å²) in [4.78, 5) is 4.28. The highest BCUT2D eigenvalue weighted by Crippen LogP contribution is 2.37. The molecule has 94 valence electrons. The zero-order chi connectivity index (χ0) is 12.7. The molecule has 5 heteroatoms. The van der Waals surface area contributed by atoms with Crippen LogP contribution in [0.4, 0.5) is 0 Å². The summed E-state index contributed by atoms with van der Waals surface area (Å²) >= 11 is 6.26. The molecule has 0 amide bonds. The molecule has 1 aliphatic rings. The molecule has 4 nitrogen and oxygen atoms in total.